The van der Waals surface area contributed by atoms with Crippen molar-refractivity contribution in [2.45, 2.75) is 6.42 Å². The minimum Gasteiger partial charge on any atom is -0.481 e. The molecule has 1 rings (SSSR count). The molecule has 0 saturated heterocycles. The maximum atomic E-state index is 10.1. The summed E-state index contributed by atoms with van der Waals surface area (Å²) in [4.78, 5) is 17.6. The molecule has 1 aromatic rings. The number of rotatable bonds is 1. The lowest BCUT2D eigenvalue weighted by molar-refractivity contribution is -0.135. The molecule has 0 atom stereocenters. The van der Waals surface area contributed by atoms with Gasteiger partial charge >= 0.3 is 5.97 Å². The summed E-state index contributed by atoms with van der Waals surface area (Å²) < 4.78 is 0. The van der Waals surface area contributed by atoms with Crippen molar-refractivity contribution >= 4 is 23.4 Å². The molecule has 14 heavy (non-hydrogen) atoms. The van der Waals surface area contributed by atoms with Crippen LogP contribution in [-0.2, 0) is 4.79 Å². The topological polar surface area (TPSA) is 89.1 Å². The van der Waals surface area contributed by atoms with Crippen LogP contribution in [0.25, 0.3) is 0 Å². The van der Waals surface area contributed by atoms with E-state index in [0.717, 1.165) is 0 Å². The van der Waals surface area contributed by atoms with Gasteiger partial charge in [-0.2, -0.15) is 0 Å². The molecule has 1 aromatic heterocycles. The largest absolute Gasteiger partial charge is 0.481 e. The van der Waals surface area contributed by atoms with E-state index in [9.17, 15) is 4.79 Å². The second kappa shape index (κ2) is 4.44. The van der Waals surface area contributed by atoms with Crippen molar-refractivity contribution in [1.29, 1.82) is 0 Å². The lowest BCUT2D eigenvalue weighted by atomic mass is 10.4. The molecule has 3 N–H and O–H groups in total. The lowest BCUT2D eigenvalue weighted by Crippen LogP contribution is -1.95. The summed E-state index contributed by atoms with van der Waals surface area (Å²) in [6.45, 7) is 0. The molecule has 6 heteroatoms. The number of nitrogens with zero attached hydrogens (tertiary/aromatic N) is 2. The molecule has 0 unspecified atom stereocenters. The highest BCUT2D eigenvalue weighted by Gasteiger charge is 2.00. The van der Waals surface area contributed by atoms with Crippen LogP contribution in [0.3, 0.4) is 0 Å². The summed E-state index contributed by atoms with van der Waals surface area (Å²) in [5.74, 6) is 4.05. The van der Waals surface area contributed by atoms with E-state index in [4.69, 9.17) is 22.4 Å². The number of anilines is 1. The zero-order valence-corrected chi connectivity index (χ0v) is 7.75. The number of hydrogen-bond acceptors (Lipinski definition) is 4. The molecule has 0 aliphatic heterocycles. The van der Waals surface area contributed by atoms with Crippen molar-refractivity contribution in [3.8, 4) is 11.8 Å². The highest BCUT2D eigenvalue weighted by atomic mass is 35.5. The molecule has 0 aliphatic carbocycles. The maximum absolute atomic E-state index is 10.1. The van der Waals surface area contributed by atoms with Gasteiger partial charge in [0.25, 0.3) is 0 Å². The molecule has 0 amide bonds. The van der Waals surface area contributed by atoms with Gasteiger partial charge < -0.3 is 10.8 Å². The number of halogens is 1. The van der Waals surface area contributed by atoms with Gasteiger partial charge in [0.2, 0.25) is 0 Å². The van der Waals surface area contributed by atoms with Crippen molar-refractivity contribution in [3.63, 3.8) is 0 Å². The van der Waals surface area contributed by atoms with E-state index in [1.165, 1.54) is 6.20 Å². The average molecular weight is 212 g/mol. The fraction of sp³-hybridized carbons (Fsp3) is 0.125. The third-order valence-corrected chi connectivity index (χ3v) is 1.46. The Morgan fingerprint density at radius 2 is 2.43 bits per heavy atom. The number of hydrogen-bond donors (Lipinski definition) is 2. The summed E-state index contributed by atoms with van der Waals surface area (Å²) in [6.07, 6.45) is 1.04. The van der Waals surface area contributed by atoms with E-state index in [0.29, 0.717) is 0 Å². The number of aromatic nitrogens is 2. The number of nitrogens with two attached hydrogens (primary N) is 1. The Labute approximate surface area is 84.9 Å². The molecule has 0 radical (unpaired) electrons. The van der Waals surface area contributed by atoms with Crippen molar-refractivity contribution in [3.05, 3.63) is 17.0 Å². The highest BCUT2D eigenvalue weighted by molar-refractivity contribution is 6.30. The molecule has 0 bridgehead atoms. The van der Waals surface area contributed by atoms with E-state index in [-0.39, 0.29) is 23.1 Å². The first-order valence-electron chi connectivity index (χ1n) is 3.58. The monoisotopic (exact) mass is 211 g/mol. The summed E-state index contributed by atoms with van der Waals surface area (Å²) in [7, 11) is 0. The second-order valence-corrected chi connectivity index (χ2v) is 2.66. The fourth-order valence-corrected chi connectivity index (χ4v) is 0.860. The molecule has 0 spiro atoms. The average Bonchev–Trinajstić information content (AvgIpc) is 2.08. The molecule has 0 fully saturated rings. The van der Waals surface area contributed by atoms with E-state index in [1.807, 2.05) is 0 Å². The number of carboxylic acids is 1. The second-order valence-electron chi connectivity index (χ2n) is 2.31. The Bertz CT molecular complexity index is 422. The number of nitrogen functional groups attached to an aromatic ring is 1. The number of carboxylic acid groups (broad SMARTS) is 1. The summed E-state index contributed by atoms with van der Waals surface area (Å²) in [5.41, 5.74) is 5.53. The van der Waals surface area contributed by atoms with Crippen LogP contribution < -0.4 is 5.73 Å². The Kier molecular flexibility index (Phi) is 3.26. The van der Waals surface area contributed by atoms with Crippen LogP contribution in [0, 0.1) is 11.8 Å². The van der Waals surface area contributed by atoms with Crippen LogP contribution in [0.4, 0.5) is 5.82 Å². The standard InChI is InChI=1S/C8H6ClN3O2/c9-8-5(2-1-3-7(13)14)11-4-6(10)12-8/h4H,3H2,(H2,10,12)(H,13,14). The zero-order chi connectivity index (χ0) is 10.6. The third kappa shape index (κ3) is 2.92. The number of carbonyl (C=O) groups is 1. The predicted octanol–water partition coefficient (Wildman–Crippen LogP) is 0.538. The predicted molar refractivity (Wildman–Crippen MR) is 50.6 cm³/mol. The van der Waals surface area contributed by atoms with Crippen LogP contribution in [0.5, 0.6) is 0 Å². The fourth-order valence-electron chi connectivity index (χ4n) is 0.666. The van der Waals surface area contributed by atoms with Crippen LogP contribution in [0.15, 0.2) is 6.20 Å². The maximum Gasteiger partial charge on any atom is 0.315 e. The Morgan fingerprint density at radius 1 is 1.71 bits per heavy atom. The molecule has 72 valence electrons. The molecule has 0 saturated carbocycles. The van der Waals surface area contributed by atoms with Crippen LogP contribution in [-0.4, -0.2) is 21.0 Å². The minimum absolute atomic E-state index is 0.0721. The highest BCUT2D eigenvalue weighted by Crippen LogP contribution is 2.09. The van der Waals surface area contributed by atoms with Crippen molar-refractivity contribution in [2.75, 3.05) is 5.73 Å². The van der Waals surface area contributed by atoms with Gasteiger partial charge in [0.05, 0.1) is 6.20 Å². The molecule has 0 aromatic carbocycles. The molecule has 0 aliphatic rings. The first-order chi connectivity index (χ1) is 6.59. The van der Waals surface area contributed by atoms with Crippen molar-refractivity contribution in [2.24, 2.45) is 0 Å². The smallest absolute Gasteiger partial charge is 0.315 e. The van der Waals surface area contributed by atoms with Crippen LogP contribution >= 0.6 is 11.6 Å². The van der Waals surface area contributed by atoms with Gasteiger partial charge in [0.15, 0.2) is 10.8 Å². The Balaban J connectivity index is 2.85. The SMILES string of the molecule is Nc1cnc(C#CCC(=O)O)c(Cl)n1. The summed E-state index contributed by atoms with van der Waals surface area (Å²) in [5, 5.41) is 8.39. The first-order valence-corrected chi connectivity index (χ1v) is 3.96. The van der Waals surface area contributed by atoms with Crippen molar-refractivity contribution < 1.29 is 9.90 Å². The molecular weight excluding hydrogens is 206 g/mol. The normalized spacial score (nSPS) is 8.93. The van der Waals surface area contributed by atoms with Crippen LogP contribution in [0.1, 0.15) is 12.1 Å². The van der Waals surface area contributed by atoms with E-state index in [2.05, 4.69) is 21.8 Å². The van der Waals surface area contributed by atoms with Gasteiger partial charge in [-0.05, 0) is 5.92 Å². The van der Waals surface area contributed by atoms with E-state index < -0.39 is 5.97 Å². The van der Waals surface area contributed by atoms with Gasteiger partial charge in [0.1, 0.15) is 12.2 Å². The number of aliphatic carboxylic acids is 1. The van der Waals surface area contributed by atoms with Gasteiger partial charge in [-0.3, -0.25) is 4.79 Å². The minimum atomic E-state index is -1.00. The van der Waals surface area contributed by atoms with E-state index in [1.54, 1.807) is 0 Å². The first kappa shape index (κ1) is 10.3. The van der Waals surface area contributed by atoms with Crippen LogP contribution in [0.2, 0.25) is 5.15 Å². The Hall–Kier alpha value is -1.80. The quantitative estimate of drug-likeness (QED) is 0.662. The zero-order valence-electron chi connectivity index (χ0n) is 6.99. The lowest BCUT2D eigenvalue weighted by Gasteiger charge is -1.94. The van der Waals surface area contributed by atoms with Crippen molar-refractivity contribution in [1.82, 2.24) is 9.97 Å². The third-order valence-electron chi connectivity index (χ3n) is 1.19. The van der Waals surface area contributed by atoms with Gasteiger partial charge in [-0.15, -0.1) is 0 Å². The molecule has 5 nitrogen and oxygen atoms in total. The Morgan fingerprint density at radius 3 is 3.00 bits per heavy atom. The van der Waals surface area contributed by atoms with Gasteiger partial charge in [-0.1, -0.05) is 17.5 Å². The summed E-state index contributed by atoms with van der Waals surface area (Å²) >= 11 is 5.64. The van der Waals surface area contributed by atoms with Gasteiger partial charge in [-0.25, -0.2) is 9.97 Å². The molecular formula is C8H6ClN3O2. The molecule has 1 heterocycles. The van der Waals surface area contributed by atoms with E-state index >= 15 is 0 Å². The summed E-state index contributed by atoms with van der Waals surface area (Å²) in [6, 6.07) is 0. The van der Waals surface area contributed by atoms with Gasteiger partial charge in [0, 0.05) is 0 Å².